The van der Waals surface area contributed by atoms with Crippen molar-refractivity contribution in [1.29, 1.82) is 0 Å². The molecule has 2 fully saturated rings. The minimum absolute atomic E-state index is 0.773. The molecule has 2 nitrogen and oxygen atoms in total. The predicted molar refractivity (Wildman–Crippen MR) is 89.2 cm³/mol. The lowest BCUT2D eigenvalue weighted by atomic mass is 10.1. The molecule has 0 radical (unpaired) electrons. The molecule has 0 atom stereocenters. The minimum atomic E-state index is 0.773. The van der Waals surface area contributed by atoms with Gasteiger partial charge in [0, 0.05) is 35.8 Å². The van der Waals surface area contributed by atoms with Crippen LogP contribution in [0.1, 0.15) is 44.6 Å². The van der Waals surface area contributed by atoms with Crippen LogP contribution in [0.3, 0.4) is 0 Å². The van der Waals surface area contributed by atoms with Gasteiger partial charge in [-0.25, -0.2) is 0 Å². The number of hydrogen-bond donors (Lipinski definition) is 1. The van der Waals surface area contributed by atoms with Crippen LogP contribution in [-0.4, -0.2) is 19.1 Å². The number of nitrogens with zero attached hydrogens (tertiary/aromatic N) is 1. The Balaban J connectivity index is 1.76. The molecule has 1 aromatic rings. The lowest BCUT2D eigenvalue weighted by molar-refractivity contribution is 0.671. The molecule has 0 bridgehead atoms. The Bertz CT molecular complexity index is 452. The first-order chi connectivity index (χ1) is 9.76. The SMILES string of the molecule is CCCN(CC1CC1)c1cc(Br)ccc1CNC1CC1. The average molecular weight is 337 g/mol. The van der Waals surface area contributed by atoms with E-state index >= 15 is 0 Å². The van der Waals surface area contributed by atoms with Crippen LogP contribution in [-0.2, 0) is 6.54 Å². The van der Waals surface area contributed by atoms with Gasteiger partial charge in [-0.3, -0.25) is 0 Å². The molecule has 110 valence electrons. The third-order valence-electron chi connectivity index (χ3n) is 4.22. The molecule has 0 amide bonds. The lowest BCUT2D eigenvalue weighted by Crippen LogP contribution is -2.28. The summed E-state index contributed by atoms with van der Waals surface area (Å²) in [6, 6.07) is 7.54. The van der Waals surface area contributed by atoms with Gasteiger partial charge in [-0.15, -0.1) is 0 Å². The Morgan fingerprint density at radius 1 is 1.25 bits per heavy atom. The number of anilines is 1. The van der Waals surface area contributed by atoms with Crippen molar-refractivity contribution in [3.8, 4) is 0 Å². The highest BCUT2D eigenvalue weighted by molar-refractivity contribution is 9.10. The average Bonchev–Trinajstić information content (AvgIpc) is 3.31. The zero-order valence-corrected chi connectivity index (χ0v) is 14.0. The van der Waals surface area contributed by atoms with Gasteiger partial charge in [0.1, 0.15) is 0 Å². The van der Waals surface area contributed by atoms with E-state index in [0.717, 1.165) is 18.5 Å². The van der Waals surface area contributed by atoms with Crippen molar-refractivity contribution in [2.45, 2.75) is 51.6 Å². The van der Waals surface area contributed by atoms with Crippen LogP contribution in [0, 0.1) is 5.92 Å². The van der Waals surface area contributed by atoms with Crippen molar-refractivity contribution < 1.29 is 0 Å². The molecule has 1 N–H and O–H groups in total. The van der Waals surface area contributed by atoms with Crippen LogP contribution < -0.4 is 10.2 Å². The molecule has 0 aliphatic heterocycles. The minimum Gasteiger partial charge on any atom is -0.371 e. The van der Waals surface area contributed by atoms with Gasteiger partial charge >= 0.3 is 0 Å². The van der Waals surface area contributed by atoms with E-state index < -0.39 is 0 Å². The maximum absolute atomic E-state index is 3.66. The fourth-order valence-corrected chi connectivity index (χ4v) is 3.06. The van der Waals surface area contributed by atoms with Gasteiger partial charge < -0.3 is 10.2 Å². The lowest BCUT2D eigenvalue weighted by Gasteiger charge is -2.27. The van der Waals surface area contributed by atoms with E-state index in [0.29, 0.717) is 0 Å². The molecule has 0 saturated heterocycles. The molecule has 2 saturated carbocycles. The first kappa shape index (κ1) is 14.4. The molecule has 0 aromatic heterocycles. The molecular formula is C17H25BrN2. The van der Waals surface area contributed by atoms with Crippen LogP contribution in [0.4, 0.5) is 5.69 Å². The van der Waals surface area contributed by atoms with Gasteiger partial charge in [0.25, 0.3) is 0 Å². The summed E-state index contributed by atoms with van der Waals surface area (Å²) in [5.41, 5.74) is 2.88. The van der Waals surface area contributed by atoms with E-state index in [9.17, 15) is 0 Å². The fourth-order valence-electron chi connectivity index (χ4n) is 2.71. The van der Waals surface area contributed by atoms with Crippen LogP contribution in [0.25, 0.3) is 0 Å². The van der Waals surface area contributed by atoms with Gasteiger partial charge in [0.15, 0.2) is 0 Å². The maximum Gasteiger partial charge on any atom is 0.0423 e. The van der Waals surface area contributed by atoms with Gasteiger partial charge in [-0.2, -0.15) is 0 Å². The second-order valence-corrected chi connectivity index (χ2v) is 7.23. The Morgan fingerprint density at radius 3 is 2.70 bits per heavy atom. The Kier molecular flexibility index (Phi) is 4.67. The van der Waals surface area contributed by atoms with Gasteiger partial charge in [0.05, 0.1) is 0 Å². The molecule has 0 unspecified atom stereocenters. The van der Waals surface area contributed by atoms with E-state index in [4.69, 9.17) is 0 Å². The smallest absolute Gasteiger partial charge is 0.0423 e. The van der Waals surface area contributed by atoms with Crippen LogP contribution >= 0.6 is 15.9 Å². The zero-order valence-electron chi connectivity index (χ0n) is 12.4. The topological polar surface area (TPSA) is 15.3 Å². The van der Waals surface area contributed by atoms with E-state index in [1.807, 2.05) is 0 Å². The summed E-state index contributed by atoms with van der Waals surface area (Å²) in [6.07, 6.45) is 6.77. The van der Waals surface area contributed by atoms with Crippen LogP contribution in [0.15, 0.2) is 22.7 Å². The standard InChI is InChI=1S/C17H25BrN2/c1-2-9-20(12-13-3-4-13)17-10-15(18)6-5-14(17)11-19-16-7-8-16/h5-6,10,13,16,19H,2-4,7-9,11-12H2,1H3. The summed E-state index contributed by atoms with van der Waals surface area (Å²) in [5.74, 6) is 0.935. The van der Waals surface area contributed by atoms with Gasteiger partial charge in [-0.1, -0.05) is 28.9 Å². The second-order valence-electron chi connectivity index (χ2n) is 6.32. The van der Waals surface area contributed by atoms with Crippen molar-refractivity contribution >= 4 is 21.6 Å². The monoisotopic (exact) mass is 336 g/mol. The Labute approximate surface area is 131 Å². The molecule has 20 heavy (non-hydrogen) atoms. The third-order valence-corrected chi connectivity index (χ3v) is 4.71. The molecule has 0 spiro atoms. The number of hydrogen-bond acceptors (Lipinski definition) is 2. The van der Waals surface area contributed by atoms with Crippen LogP contribution in [0.5, 0.6) is 0 Å². The highest BCUT2D eigenvalue weighted by Gasteiger charge is 2.26. The first-order valence-corrected chi connectivity index (χ1v) is 8.82. The summed E-state index contributed by atoms with van der Waals surface area (Å²) in [4.78, 5) is 2.60. The number of nitrogens with one attached hydrogen (secondary N) is 1. The van der Waals surface area contributed by atoms with Crippen molar-refractivity contribution in [2.75, 3.05) is 18.0 Å². The van der Waals surface area contributed by atoms with Crippen molar-refractivity contribution in [3.63, 3.8) is 0 Å². The highest BCUT2D eigenvalue weighted by atomic mass is 79.9. The maximum atomic E-state index is 3.66. The van der Waals surface area contributed by atoms with Crippen molar-refractivity contribution in [1.82, 2.24) is 5.32 Å². The summed E-state index contributed by atoms with van der Waals surface area (Å²) >= 11 is 3.64. The summed E-state index contributed by atoms with van der Waals surface area (Å²) in [6.45, 7) is 5.70. The number of benzene rings is 1. The second kappa shape index (κ2) is 6.48. The molecule has 1 aromatic carbocycles. The van der Waals surface area contributed by atoms with Crippen LogP contribution in [0.2, 0.25) is 0 Å². The van der Waals surface area contributed by atoms with Gasteiger partial charge in [-0.05, 0) is 55.7 Å². The van der Waals surface area contributed by atoms with E-state index in [1.165, 1.54) is 60.9 Å². The highest BCUT2D eigenvalue weighted by Crippen LogP contribution is 2.34. The van der Waals surface area contributed by atoms with Crippen molar-refractivity contribution in [2.24, 2.45) is 5.92 Å². The molecule has 3 heteroatoms. The van der Waals surface area contributed by atoms with Gasteiger partial charge in [0.2, 0.25) is 0 Å². The molecule has 0 heterocycles. The quantitative estimate of drug-likeness (QED) is 0.760. The molecule has 2 aliphatic carbocycles. The largest absolute Gasteiger partial charge is 0.371 e. The normalized spacial score (nSPS) is 18.3. The number of rotatable bonds is 8. The van der Waals surface area contributed by atoms with E-state index in [2.05, 4.69) is 51.3 Å². The Hall–Kier alpha value is -0.540. The first-order valence-electron chi connectivity index (χ1n) is 8.03. The molecular weight excluding hydrogens is 312 g/mol. The molecule has 2 aliphatic rings. The number of halogens is 1. The molecule has 3 rings (SSSR count). The summed E-state index contributed by atoms with van der Waals surface area (Å²) in [5, 5.41) is 3.66. The predicted octanol–water partition coefficient (Wildman–Crippen LogP) is 4.33. The van der Waals surface area contributed by atoms with E-state index in [1.54, 1.807) is 0 Å². The van der Waals surface area contributed by atoms with E-state index in [-0.39, 0.29) is 0 Å². The van der Waals surface area contributed by atoms with Crippen molar-refractivity contribution in [3.05, 3.63) is 28.2 Å². The Morgan fingerprint density at radius 2 is 2.05 bits per heavy atom. The fraction of sp³-hybridized carbons (Fsp3) is 0.647. The zero-order chi connectivity index (χ0) is 13.9. The summed E-state index contributed by atoms with van der Waals surface area (Å²) in [7, 11) is 0. The third kappa shape index (κ3) is 3.98. The summed E-state index contributed by atoms with van der Waals surface area (Å²) < 4.78 is 1.19.